The Morgan fingerprint density at radius 2 is 1.81 bits per heavy atom. The Hall–Kier alpha value is -2.75. The summed E-state index contributed by atoms with van der Waals surface area (Å²) in [6, 6.07) is 1.69. The Morgan fingerprint density at radius 3 is 2.19 bits per heavy atom. The highest BCUT2D eigenvalue weighted by Crippen LogP contribution is 2.36. The molecule has 0 aromatic heterocycles. The molecule has 1 rings (SSSR count). The molecule has 0 bridgehead atoms. The lowest BCUT2D eigenvalue weighted by Crippen LogP contribution is -2.28. The van der Waals surface area contributed by atoms with E-state index in [2.05, 4.69) is 0 Å². The third-order valence-corrected chi connectivity index (χ3v) is 2.91. The Morgan fingerprint density at radius 1 is 1.24 bits per heavy atom. The van der Waals surface area contributed by atoms with Gasteiger partial charge in [0.2, 0.25) is 0 Å². The van der Waals surface area contributed by atoms with Crippen LogP contribution in [0.3, 0.4) is 0 Å². The summed E-state index contributed by atoms with van der Waals surface area (Å²) in [4.78, 5) is 33.5. The fourth-order valence-electron chi connectivity index (χ4n) is 1.95. The number of nitro groups is 2. The maximum atomic E-state index is 11.7. The van der Waals surface area contributed by atoms with Crippen LogP contribution in [0.1, 0.15) is 24.2 Å². The van der Waals surface area contributed by atoms with Crippen LogP contribution in [0, 0.1) is 20.2 Å². The number of nitro benzene ring substituents is 2. The van der Waals surface area contributed by atoms with Crippen molar-refractivity contribution in [1.29, 1.82) is 0 Å². The SMILES string of the molecule is CCN(CC)c1c(C(=O)NO)cc([N+](=O)[O-])cc1[N+](=O)[O-]. The number of non-ortho nitro benzene ring substituents is 1. The van der Waals surface area contributed by atoms with Crippen molar-refractivity contribution in [3.8, 4) is 0 Å². The van der Waals surface area contributed by atoms with E-state index in [9.17, 15) is 25.0 Å². The third-order valence-electron chi connectivity index (χ3n) is 2.91. The zero-order valence-corrected chi connectivity index (χ0v) is 11.4. The van der Waals surface area contributed by atoms with Crippen LogP contribution in [0.2, 0.25) is 0 Å². The molecular weight excluding hydrogens is 284 g/mol. The molecule has 0 spiro atoms. The van der Waals surface area contributed by atoms with Crippen molar-refractivity contribution in [3.63, 3.8) is 0 Å². The molecule has 10 heteroatoms. The summed E-state index contributed by atoms with van der Waals surface area (Å²) in [5.74, 6) is -1.05. The largest absolute Gasteiger partial charge is 0.366 e. The predicted octanol–water partition coefficient (Wildman–Crippen LogP) is 1.47. The lowest BCUT2D eigenvalue weighted by atomic mass is 10.1. The van der Waals surface area contributed by atoms with Crippen LogP contribution in [0.15, 0.2) is 12.1 Å². The van der Waals surface area contributed by atoms with Gasteiger partial charge in [0.05, 0.1) is 21.5 Å². The van der Waals surface area contributed by atoms with E-state index >= 15 is 0 Å². The molecule has 0 aliphatic carbocycles. The van der Waals surface area contributed by atoms with Crippen LogP contribution in [0.5, 0.6) is 0 Å². The van der Waals surface area contributed by atoms with Gasteiger partial charge in [0, 0.05) is 19.2 Å². The number of carbonyl (C=O) groups excluding carboxylic acids is 1. The van der Waals surface area contributed by atoms with E-state index < -0.39 is 27.1 Å². The molecule has 0 fully saturated rings. The number of nitrogens with one attached hydrogen (secondary N) is 1. The molecule has 0 atom stereocenters. The Kier molecular flexibility index (Phi) is 5.13. The van der Waals surface area contributed by atoms with Crippen LogP contribution < -0.4 is 10.4 Å². The highest BCUT2D eigenvalue weighted by atomic mass is 16.6. The molecule has 114 valence electrons. The molecule has 0 radical (unpaired) electrons. The van der Waals surface area contributed by atoms with Gasteiger partial charge >= 0.3 is 0 Å². The van der Waals surface area contributed by atoms with Gasteiger partial charge in [-0.1, -0.05) is 0 Å². The van der Waals surface area contributed by atoms with Gasteiger partial charge in [-0.05, 0) is 13.8 Å². The molecule has 0 aliphatic heterocycles. The van der Waals surface area contributed by atoms with E-state index in [-0.39, 0.29) is 11.3 Å². The Balaban J connectivity index is 3.73. The minimum atomic E-state index is -1.05. The first-order valence-electron chi connectivity index (χ1n) is 6.03. The summed E-state index contributed by atoms with van der Waals surface area (Å²) >= 11 is 0. The number of benzene rings is 1. The lowest BCUT2D eigenvalue weighted by Gasteiger charge is -2.22. The summed E-state index contributed by atoms with van der Waals surface area (Å²) in [6.07, 6.45) is 0. The van der Waals surface area contributed by atoms with Crippen molar-refractivity contribution in [2.75, 3.05) is 18.0 Å². The zero-order valence-electron chi connectivity index (χ0n) is 11.4. The number of amides is 1. The van der Waals surface area contributed by atoms with Crippen molar-refractivity contribution < 1.29 is 19.8 Å². The molecule has 0 unspecified atom stereocenters. The number of nitrogens with zero attached hydrogens (tertiary/aromatic N) is 3. The maximum Gasteiger partial charge on any atom is 0.300 e. The molecule has 0 aliphatic rings. The minimum absolute atomic E-state index is 0.0675. The molecule has 21 heavy (non-hydrogen) atoms. The van der Waals surface area contributed by atoms with Crippen molar-refractivity contribution in [3.05, 3.63) is 37.9 Å². The van der Waals surface area contributed by atoms with Gasteiger partial charge in [-0.3, -0.25) is 30.2 Å². The fraction of sp³-hybridized carbons (Fsp3) is 0.364. The van der Waals surface area contributed by atoms with E-state index in [4.69, 9.17) is 5.21 Å². The number of hydrogen-bond donors (Lipinski definition) is 2. The van der Waals surface area contributed by atoms with Crippen LogP contribution in [0.25, 0.3) is 0 Å². The normalized spacial score (nSPS) is 10.0. The van der Waals surface area contributed by atoms with Gasteiger partial charge in [0.15, 0.2) is 0 Å². The second-order valence-electron chi connectivity index (χ2n) is 3.99. The quantitative estimate of drug-likeness (QED) is 0.460. The van der Waals surface area contributed by atoms with Gasteiger partial charge in [0.25, 0.3) is 17.3 Å². The summed E-state index contributed by atoms with van der Waals surface area (Å²) < 4.78 is 0. The highest BCUT2D eigenvalue weighted by molar-refractivity contribution is 6.02. The number of carbonyl (C=O) groups is 1. The van der Waals surface area contributed by atoms with E-state index in [1.54, 1.807) is 13.8 Å². The number of hydroxylamine groups is 1. The van der Waals surface area contributed by atoms with Gasteiger partial charge in [-0.25, -0.2) is 5.48 Å². The van der Waals surface area contributed by atoms with E-state index in [0.29, 0.717) is 13.1 Å². The second-order valence-corrected chi connectivity index (χ2v) is 3.99. The average molecular weight is 298 g/mol. The number of anilines is 1. The summed E-state index contributed by atoms with van der Waals surface area (Å²) in [6.45, 7) is 4.13. The van der Waals surface area contributed by atoms with E-state index in [1.165, 1.54) is 10.4 Å². The lowest BCUT2D eigenvalue weighted by molar-refractivity contribution is -0.393. The van der Waals surface area contributed by atoms with Gasteiger partial charge in [-0.2, -0.15) is 0 Å². The topological polar surface area (TPSA) is 139 Å². The molecule has 10 nitrogen and oxygen atoms in total. The van der Waals surface area contributed by atoms with E-state index in [0.717, 1.165) is 12.1 Å². The van der Waals surface area contributed by atoms with Crippen molar-refractivity contribution in [1.82, 2.24) is 5.48 Å². The monoisotopic (exact) mass is 298 g/mol. The number of rotatable bonds is 6. The van der Waals surface area contributed by atoms with Gasteiger partial charge in [-0.15, -0.1) is 0 Å². The van der Waals surface area contributed by atoms with Gasteiger partial charge < -0.3 is 4.90 Å². The fourth-order valence-corrected chi connectivity index (χ4v) is 1.95. The van der Waals surface area contributed by atoms with Crippen LogP contribution >= 0.6 is 0 Å². The summed E-state index contributed by atoms with van der Waals surface area (Å²) in [7, 11) is 0. The zero-order chi connectivity index (χ0) is 16.2. The molecule has 2 N–H and O–H groups in total. The molecule has 1 amide bonds. The number of hydrogen-bond acceptors (Lipinski definition) is 7. The molecule has 1 aromatic carbocycles. The van der Waals surface area contributed by atoms with Crippen LogP contribution in [0.4, 0.5) is 17.1 Å². The first kappa shape index (κ1) is 16.3. The van der Waals surface area contributed by atoms with E-state index in [1.807, 2.05) is 0 Å². The Bertz CT molecular complexity index is 584. The minimum Gasteiger partial charge on any atom is -0.366 e. The Labute approximate surface area is 119 Å². The van der Waals surface area contributed by atoms with Crippen molar-refractivity contribution in [2.45, 2.75) is 13.8 Å². The third kappa shape index (κ3) is 3.23. The highest BCUT2D eigenvalue weighted by Gasteiger charge is 2.29. The molecule has 0 saturated carbocycles. The van der Waals surface area contributed by atoms with Crippen molar-refractivity contribution in [2.24, 2.45) is 0 Å². The van der Waals surface area contributed by atoms with Crippen molar-refractivity contribution >= 4 is 23.0 Å². The molecule has 0 heterocycles. The molecular formula is C11H14N4O6. The smallest absolute Gasteiger partial charge is 0.300 e. The predicted molar refractivity (Wildman–Crippen MR) is 72.6 cm³/mol. The molecule has 0 saturated heterocycles. The average Bonchev–Trinajstić information content (AvgIpc) is 2.46. The maximum absolute atomic E-state index is 11.7. The summed E-state index contributed by atoms with van der Waals surface area (Å²) in [5, 5.41) is 30.7. The van der Waals surface area contributed by atoms with Gasteiger partial charge in [0.1, 0.15) is 5.69 Å². The first-order valence-corrected chi connectivity index (χ1v) is 6.03. The first-order chi connectivity index (χ1) is 9.87. The molecule has 1 aromatic rings. The standard InChI is InChI=1S/C11H14N4O6/c1-3-13(4-2)10-8(11(16)12-17)5-7(14(18)19)6-9(10)15(20)21/h5-6,17H,3-4H2,1-2H3,(H,12,16). The second kappa shape index (κ2) is 6.61. The van der Waals surface area contributed by atoms with Crippen LogP contribution in [-0.4, -0.2) is 34.1 Å². The summed E-state index contributed by atoms with van der Waals surface area (Å²) in [5.41, 5.74) is -0.217. The van der Waals surface area contributed by atoms with Crippen LogP contribution in [-0.2, 0) is 0 Å².